The Balaban J connectivity index is 2.22. The summed E-state index contributed by atoms with van der Waals surface area (Å²) in [6, 6.07) is 1.39. The van der Waals surface area contributed by atoms with E-state index in [0.29, 0.717) is 11.4 Å². The SMILES string of the molecule is O=C(O)c1cc(/C=C/c2csnn2)ncn1. The fraction of sp³-hybridized carbons (Fsp3) is 0. The van der Waals surface area contributed by atoms with E-state index in [1.165, 1.54) is 23.9 Å². The summed E-state index contributed by atoms with van der Waals surface area (Å²) < 4.78 is 3.69. The van der Waals surface area contributed by atoms with Crippen LogP contribution in [0.1, 0.15) is 21.9 Å². The van der Waals surface area contributed by atoms with Crippen molar-refractivity contribution in [1.29, 1.82) is 0 Å². The number of nitrogens with zero attached hydrogens (tertiary/aromatic N) is 4. The number of hydrogen-bond acceptors (Lipinski definition) is 6. The van der Waals surface area contributed by atoms with Gasteiger partial charge in [0.05, 0.1) is 11.4 Å². The van der Waals surface area contributed by atoms with Crippen LogP contribution in [-0.2, 0) is 0 Å². The summed E-state index contributed by atoms with van der Waals surface area (Å²) in [5.74, 6) is -1.08. The summed E-state index contributed by atoms with van der Waals surface area (Å²) in [4.78, 5) is 18.2. The third kappa shape index (κ3) is 2.45. The Morgan fingerprint density at radius 3 is 2.81 bits per heavy atom. The molecule has 0 unspecified atom stereocenters. The summed E-state index contributed by atoms with van der Waals surface area (Å²) >= 11 is 1.24. The first-order chi connectivity index (χ1) is 7.75. The van der Waals surface area contributed by atoms with E-state index < -0.39 is 5.97 Å². The van der Waals surface area contributed by atoms with Crippen LogP contribution in [0, 0.1) is 0 Å². The van der Waals surface area contributed by atoms with Gasteiger partial charge in [-0.15, -0.1) is 5.10 Å². The molecule has 0 amide bonds. The number of hydrogen-bond donors (Lipinski definition) is 1. The first-order valence-corrected chi connectivity index (χ1v) is 5.10. The molecule has 1 N–H and O–H groups in total. The van der Waals surface area contributed by atoms with Crippen molar-refractivity contribution in [2.75, 3.05) is 0 Å². The molecule has 0 aromatic carbocycles. The summed E-state index contributed by atoms with van der Waals surface area (Å²) in [6.07, 6.45) is 4.57. The first kappa shape index (κ1) is 10.4. The van der Waals surface area contributed by atoms with Gasteiger partial charge in [-0.25, -0.2) is 14.8 Å². The van der Waals surface area contributed by atoms with Gasteiger partial charge in [0, 0.05) is 5.38 Å². The van der Waals surface area contributed by atoms with Gasteiger partial charge < -0.3 is 5.11 Å². The van der Waals surface area contributed by atoms with Gasteiger partial charge >= 0.3 is 5.97 Å². The lowest BCUT2D eigenvalue weighted by atomic mass is 10.3. The molecule has 80 valence electrons. The van der Waals surface area contributed by atoms with Gasteiger partial charge in [0.1, 0.15) is 6.33 Å². The molecule has 6 nitrogen and oxygen atoms in total. The predicted molar refractivity (Wildman–Crippen MR) is 57.8 cm³/mol. The Kier molecular flexibility index (Phi) is 2.97. The first-order valence-electron chi connectivity index (χ1n) is 4.26. The molecule has 16 heavy (non-hydrogen) atoms. The maximum Gasteiger partial charge on any atom is 0.354 e. The molecule has 0 spiro atoms. The Hall–Kier alpha value is -2.15. The molecule has 2 aromatic heterocycles. The van der Waals surface area contributed by atoms with Crippen molar-refractivity contribution in [2.24, 2.45) is 0 Å². The fourth-order valence-corrected chi connectivity index (χ4v) is 1.42. The van der Waals surface area contributed by atoms with Gasteiger partial charge in [-0.3, -0.25) is 0 Å². The molecule has 7 heteroatoms. The fourth-order valence-electron chi connectivity index (χ4n) is 0.996. The number of aromatic carboxylic acids is 1. The highest BCUT2D eigenvalue weighted by Crippen LogP contribution is 2.05. The Morgan fingerprint density at radius 1 is 1.31 bits per heavy atom. The van der Waals surface area contributed by atoms with Crippen molar-refractivity contribution >= 4 is 29.7 Å². The second-order valence-corrected chi connectivity index (χ2v) is 3.41. The Morgan fingerprint density at radius 2 is 2.12 bits per heavy atom. The van der Waals surface area contributed by atoms with E-state index in [0.717, 1.165) is 0 Å². The van der Waals surface area contributed by atoms with Crippen LogP contribution in [0.5, 0.6) is 0 Å². The zero-order valence-corrected chi connectivity index (χ0v) is 8.76. The van der Waals surface area contributed by atoms with E-state index in [1.807, 2.05) is 0 Å². The van der Waals surface area contributed by atoms with E-state index in [2.05, 4.69) is 19.6 Å². The van der Waals surface area contributed by atoms with Gasteiger partial charge in [-0.2, -0.15) is 0 Å². The number of carboxylic acid groups (broad SMARTS) is 1. The summed E-state index contributed by atoms with van der Waals surface area (Å²) in [7, 11) is 0. The molecule has 2 heterocycles. The van der Waals surface area contributed by atoms with Gasteiger partial charge in [0.15, 0.2) is 5.69 Å². The Bertz CT molecular complexity index is 524. The molecule has 0 aliphatic rings. The molecule has 2 aromatic rings. The minimum atomic E-state index is -1.08. The van der Waals surface area contributed by atoms with Crippen LogP contribution in [0.25, 0.3) is 12.2 Å². The van der Waals surface area contributed by atoms with Crippen LogP contribution in [0.4, 0.5) is 0 Å². The van der Waals surface area contributed by atoms with Crippen LogP contribution in [0.15, 0.2) is 17.8 Å². The minimum Gasteiger partial charge on any atom is -0.477 e. The standard InChI is InChI=1S/C9H6N4O2S/c14-9(15)8-3-6(10-5-11-8)1-2-7-4-16-13-12-7/h1-5H,(H,14,15)/b2-1+. The molecule has 0 bridgehead atoms. The van der Waals surface area contributed by atoms with Gasteiger partial charge in [0.2, 0.25) is 0 Å². The lowest BCUT2D eigenvalue weighted by Gasteiger charge is -1.94. The number of aromatic nitrogens is 4. The van der Waals surface area contributed by atoms with Crippen LogP contribution in [0.2, 0.25) is 0 Å². The Labute approximate surface area is 94.5 Å². The summed E-state index contributed by atoms with van der Waals surface area (Å²) in [5.41, 5.74) is 1.19. The van der Waals surface area contributed by atoms with E-state index in [4.69, 9.17) is 5.11 Å². The quantitative estimate of drug-likeness (QED) is 0.858. The van der Waals surface area contributed by atoms with Crippen LogP contribution < -0.4 is 0 Å². The van der Waals surface area contributed by atoms with E-state index in [-0.39, 0.29) is 5.69 Å². The van der Waals surface area contributed by atoms with Gasteiger partial charge in [0.25, 0.3) is 0 Å². The lowest BCUT2D eigenvalue weighted by molar-refractivity contribution is 0.0690. The van der Waals surface area contributed by atoms with Crippen LogP contribution in [-0.4, -0.2) is 30.6 Å². The highest BCUT2D eigenvalue weighted by atomic mass is 32.1. The third-order valence-electron chi connectivity index (χ3n) is 1.71. The summed E-state index contributed by atoms with van der Waals surface area (Å²) in [6.45, 7) is 0. The van der Waals surface area contributed by atoms with Crippen molar-refractivity contribution in [3.63, 3.8) is 0 Å². The number of carbonyl (C=O) groups is 1. The second-order valence-electron chi connectivity index (χ2n) is 2.80. The average Bonchev–Trinajstić information content (AvgIpc) is 2.79. The molecule has 0 atom stereocenters. The van der Waals surface area contributed by atoms with E-state index in [1.54, 1.807) is 17.5 Å². The monoisotopic (exact) mass is 234 g/mol. The van der Waals surface area contributed by atoms with Crippen LogP contribution >= 0.6 is 11.5 Å². The van der Waals surface area contributed by atoms with Crippen molar-refractivity contribution in [3.05, 3.63) is 34.9 Å². The van der Waals surface area contributed by atoms with Crippen molar-refractivity contribution in [2.45, 2.75) is 0 Å². The normalized spacial score (nSPS) is 10.8. The molecule has 0 aliphatic heterocycles. The lowest BCUT2D eigenvalue weighted by Crippen LogP contribution is -2.00. The second kappa shape index (κ2) is 4.58. The van der Waals surface area contributed by atoms with Gasteiger partial charge in [-0.1, -0.05) is 4.49 Å². The predicted octanol–water partition coefficient (Wildman–Crippen LogP) is 1.20. The maximum atomic E-state index is 10.7. The summed E-state index contributed by atoms with van der Waals surface area (Å²) in [5, 5.41) is 14.3. The molecule has 0 saturated carbocycles. The zero-order valence-electron chi connectivity index (χ0n) is 7.94. The molecule has 0 saturated heterocycles. The maximum absolute atomic E-state index is 10.7. The highest BCUT2D eigenvalue weighted by Gasteiger charge is 2.04. The number of rotatable bonds is 3. The van der Waals surface area contributed by atoms with Crippen molar-refractivity contribution < 1.29 is 9.90 Å². The average molecular weight is 234 g/mol. The topological polar surface area (TPSA) is 88.9 Å². The molecule has 0 radical (unpaired) electrons. The zero-order chi connectivity index (χ0) is 11.4. The molecule has 2 rings (SSSR count). The molecule has 0 fully saturated rings. The van der Waals surface area contributed by atoms with Gasteiger partial charge in [-0.05, 0) is 29.8 Å². The van der Waals surface area contributed by atoms with Crippen molar-refractivity contribution in [1.82, 2.24) is 19.6 Å². The molecule has 0 aliphatic carbocycles. The molecular weight excluding hydrogens is 228 g/mol. The smallest absolute Gasteiger partial charge is 0.354 e. The third-order valence-corrected chi connectivity index (χ3v) is 2.23. The highest BCUT2D eigenvalue weighted by molar-refractivity contribution is 7.03. The van der Waals surface area contributed by atoms with E-state index in [9.17, 15) is 4.79 Å². The number of carboxylic acids is 1. The van der Waals surface area contributed by atoms with Crippen LogP contribution in [0.3, 0.4) is 0 Å². The molecular formula is C9H6N4O2S. The van der Waals surface area contributed by atoms with Crippen molar-refractivity contribution in [3.8, 4) is 0 Å². The minimum absolute atomic E-state index is 0.0361. The van der Waals surface area contributed by atoms with E-state index >= 15 is 0 Å². The largest absolute Gasteiger partial charge is 0.477 e.